The number of rotatable bonds is 6. The summed E-state index contributed by atoms with van der Waals surface area (Å²) in [6.07, 6.45) is 11.3. The van der Waals surface area contributed by atoms with Gasteiger partial charge in [-0.05, 0) is 191 Å². The summed E-state index contributed by atoms with van der Waals surface area (Å²) in [4.78, 5) is 58.9. The van der Waals surface area contributed by atoms with E-state index < -0.39 is 0 Å². The van der Waals surface area contributed by atoms with E-state index in [1.165, 1.54) is 0 Å². The van der Waals surface area contributed by atoms with Gasteiger partial charge in [-0.2, -0.15) is 0 Å². The van der Waals surface area contributed by atoms with Gasteiger partial charge in [0.1, 0.15) is 0 Å². The van der Waals surface area contributed by atoms with Crippen LogP contribution in [0.25, 0.3) is 34.9 Å². The predicted molar refractivity (Wildman–Crippen MR) is 331 cm³/mol. The Kier molecular flexibility index (Phi) is 19.5. The van der Waals surface area contributed by atoms with Crippen molar-refractivity contribution in [3.05, 3.63) is 187 Å². The van der Waals surface area contributed by atoms with Gasteiger partial charge < -0.3 is 16.0 Å². The Bertz CT molecular complexity index is 3070. The molecule has 3 saturated heterocycles. The van der Waals surface area contributed by atoms with Crippen molar-refractivity contribution < 1.29 is 14.4 Å². The lowest BCUT2D eigenvalue weighted by Gasteiger charge is -2.35. The van der Waals surface area contributed by atoms with Crippen molar-refractivity contribution >= 4 is 135 Å². The average molecular weight is 1310 g/mol. The third kappa shape index (κ3) is 13.0. The quantitative estimate of drug-likeness (QED) is 0.146. The zero-order chi connectivity index (χ0) is 54.8. The topological polar surface area (TPSA) is 136 Å². The molecule has 3 aromatic carbocycles. The minimum atomic E-state index is 0. The molecule has 12 rings (SSSR count). The Morgan fingerprint density at radius 3 is 0.937 bits per heavy atom. The molecule has 12 nitrogen and oxygen atoms in total. The van der Waals surface area contributed by atoms with Crippen LogP contribution >= 0.6 is 82.6 Å². The summed E-state index contributed by atoms with van der Waals surface area (Å²) in [5, 5.41) is 12.1. The lowest BCUT2D eigenvalue weighted by atomic mass is 9.92. The van der Waals surface area contributed by atoms with Crippen LogP contribution in [0, 0.1) is 0 Å². The molecule has 0 radical (unpaired) electrons. The lowest BCUT2D eigenvalue weighted by Crippen LogP contribution is -2.45. The third-order valence-corrected chi connectivity index (χ3v) is 16.9. The molecule has 6 heterocycles. The smallest absolute Gasteiger partial charge is 0.160 e. The Labute approximate surface area is 502 Å². The summed E-state index contributed by atoms with van der Waals surface area (Å²) in [6, 6.07) is 23.6. The molecule has 3 fully saturated rings. The molecule has 0 saturated carbocycles. The number of fused-ring (bicyclic) bond motifs is 6. The lowest BCUT2D eigenvalue weighted by molar-refractivity contribution is -0.112. The first-order valence-electron chi connectivity index (χ1n) is 26.0. The number of piperazine rings is 3. The van der Waals surface area contributed by atoms with Gasteiger partial charge in [-0.3, -0.25) is 44.0 Å². The number of hydrogen-bond acceptors (Lipinski definition) is 12. The Balaban J connectivity index is 0.000000143. The highest BCUT2D eigenvalue weighted by Gasteiger charge is 2.36. The number of allylic oxidation sites excluding steroid dienone is 3. The van der Waals surface area contributed by atoms with E-state index in [2.05, 4.69) is 78.4 Å². The number of benzene rings is 3. The molecule has 410 valence electrons. The van der Waals surface area contributed by atoms with Crippen LogP contribution in [-0.4, -0.2) is 126 Å². The number of halogens is 6. The van der Waals surface area contributed by atoms with Gasteiger partial charge in [-0.25, -0.2) is 0 Å². The normalized spacial score (nSPS) is 19.7. The van der Waals surface area contributed by atoms with E-state index in [1.54, 1.807) is 20.8 Å². The van der Waals surface area contributed by atoms with E-state index in [0.29, 0.717) is 31.8 Å². The van der Waals surface area contributed by atoms with Gasteiger partial charge in [-0.1, -0.05) is 60.4 Å². The Hall–Kier alpha value is -4.59. The number of pyridine rings is 3. The molecule has 3 N–H and O–H groups in total. The number of nitrogens with zero attached hydrogens (tertiary/aromatic N) is 6. The van der Waals surface area contributed by atoms with Crippen molar-refractivity contribution in [3.63, 3.8) is 0 Å². The van der Waals surface area contributed by atoms with Gasteiger partial charge in [0.15, 0.2) is 17.3 Å². The second-order valence-electron chi connectivity index (χ2n) is 20.0. The molecule has 0 spiro atoms. The van der Waals surface area contributed by atoms with Gasteiger partial charge >= 0.3 is 0 Å². The van der Waals surface area contributed by atoms with Crippen molar-refractivity contribution in [1.82, 2.24) is 45.6 Å². The molecule has 0 bridgehead atoms. The molecular weight excluding hydrogens is 1250 g/mol. The second kappa shape index (κ2) is 26.1. The maximum absolute atomic E-state index is 12.4. The number of aromatic nitrogens is 3. The van der Waals surface area contributed by atoms with Crippen LogP contribution in [0.5, 0.6) is 0 Å². The standard InChI is InChI=1S/3C20H19BrClN3O.CH4/c3*1-12(26)17-9-13-8-14(21)11-24-19(13)20(25-6-4-23-5-7-25)16-3-2-15(22)10-18(16)17;/h3*2-3,8-11,20,23H,4-7H2,1H3;1H4/t2*20-;;/m10../s1. The van der Waals surface area contributed by atoms with Crippen molar-refractivity contribution in [2.45, 2.75) is 46.3 Å². The van der Waals surface area contributed by atoms with Crippen molar-refractivity contribution in [1.29, 1.82) is 0 Å². The van der Waals surface area contributed by atoms with Gasteiger partial charge in [0.2, 0.25) is 0 Å². The zero-order valence-corrected chi connectivity index (χ0v) is 50.3. The predicted octanol–water partition coefficient (Wildman–Crippen LogP) is 12.4. The SMILES string of the molecule is C.CC(=O)C1=Cc2cc(Br)cnc2C(N2CCNCC2)c2ccc(Cl)cc21.CC(=O)C1=Cc2cc(Br)cnc2[C@@H](N2CCNCC2)c2ccc(Cl)cc21.CC(=O)C1=Cc2cc(Br)cnc2[C@H](N2CCNCC2)c2ccc(Cl)cc21. The van der Waals surface area contributed by atoms with E-state index in [0.717, 1.165) is 159 Å². The fourth-order valence-electron chi connectivity index (χ4n) is 11.4. The van der Waals surface area contributed by atoms with Crippen LogP contribution in [0.2, 0.25) is 15.1 Å². The first-order chi connectivity index (χ1) is 37.6. The minimum Gasteiger partial charge on any atom is -0.314 e. The van der Waals surface area contributed by atoms with E-state index in [9.17, 15) is 14.4 Å². The fourth-order valence-corrected chi connectivity index (χ4v) is 12.9. The molecule has 3 aromatic heterocycles. The maximum atomic E-state index is 12.4. The number of ketones is 3. The fraction of sp³-hybridized carbons (Fsp3) is 0.311. The monoisotopic (exact) mass is 1310 g/mol. The summed E-state index contributed by atoms with van der Waals surface area (Å²) >= 11 is 29.4. The van der Waals surface area contributed by atoms with E-state index >= 15 is 0 Å². The number of carbonyl (C=O) groups excluding carboxylic acids is 3. The van der Waals surface area contributed by atoms with Crippen LogP contribution in [0.1, 0.15) is 113 Å². The highest BCUT2D eigenvalue weighted by atomic mass is 79.9. The average Bonchev–Trinajstić information content (AvgIpc) is 3.83. The van der Waals surface area contributed by atoms with Gasteiger partial charge in [0.25, 0.3) is 0 Å². The largest absolute Gasteiger partial charge is 0.314 e. The van der Waals surface area contributed by atoms with Crippen molar-refractivity contribution in [3.8, 4) is 0 Å². The number of nitrogens with one attached hydrogen (secondary N) is 3. The molecule has 6 aliphatic rings. The summed E-state index contributed by atoms with van der Waals surface area (Å²) in [6.45, 7) is 16.0. The van der Waals surface area contributed by atoms with Gasteiger partial charge in [-0.15, -0.1) is 0 Å². The number of hydrogen-bond donors (Lipinski definition) is 3. The summed E-state index contributed by atoms with van der Waals surface area (Å²) in [5.41, 5.74) is 13.9. The van der Waals surface area contributed by atoms with Crippen LogP contribution in [-0.2, 0) is 14.4 Å². The van der Waals surface area contributed by atoms with E-state index in [1.807, 2.05) is 110 Å². The maximum Gasteiger partial charge on any atom is 0.160 e. The van der Waals surface area contributed by atoms with Crippen LogP contribution in [0.4, 0.5) is 0 Å². The molecule has 0 amide bonds. The van der Waals surface area contributed by atoms with E-state index in [4.69, 9.17) is 49.8 Å². The van der Waals surface area contributed by atoms with Crippen LogP contribution < -0.4 is 16.0 Å². The van der Waals surface area contributed by atoms with Gasteiger partial charge in [0.05, 0.1) is 35.2 Å². The highest BCUT2D eigenvalue weighted by Crippen LogP contribution is 2.44. The Morgan fingerprint density at radius 1 is 0.443 bits per heavy atom. The Morgan fingerprint density at radius 2 is 0.696 bits per heavy atom. The second-order valence-corrected chi connectivity index (χ2v) is 24.0. The summed E-state index contributed by atoms with van der Waals surface area (Å²) in [5.74, 6) is 0.0845. The molecule has 79 heavy (non-hydrogen) atoms. The van der Waals surface area contributed by atoms with Gasteiger partial charge in [0, 0.05) is 142 Å². The number of carbonyl (C=O) groups is 3. The minimum absolute atomic E-state index is 0. The first kappa shape index (κ1) is 59.0. The van der Waals surface area contributed by atoms with Crippen LogP contribution in [0.3, 0.4) is 0 Å². The molecular formula is C61H61Br3Cl3N9O3. The molecule has 6 aromatic rings. The van der Waals surface area contributed by atoms with E-state index in [-0.39, 0.29) is 42.9 Å². The number of Topliss-reactive ketones (excluding diaryl/α,β-unsaturated/α-hetero) is 3. The van der Waals surface area contributed by atoms with Crippen molar-refractivity contribution in [2.75, 3.05) is 78.5 Å². The third-order valence-electron chi connectivity index (χ3n) is 14.9. The van der Waals surface area contributed by atoms with Crippen molar-refractivity contribution in [2.24, 2.45) is 0 Å². The first-order valence-corrected chi connectivity index (χ1v) is 29.5. The molecule has 3 aliphatic carbocycles. The zero-order valence-electron chi connectivity index (χ0n) is 43.3. The molecule has 3 atom stereocenters. The van der Waals surface area contributed by atoms with Crippen LogP contribution in [0.15, 0.2) is 105 Å². The molecule has 18 heteroatoms. The highest BCUT2D eigenvalue weighted by molar-refractivity contribution is 9.11. The molecule has 1 unspecified atom stereocenters. The summed E-state index contributed by atoms with van der Waals surface area (Å²) < 4.78 is 2.70. The molecule has 3 aliphatic heterocycles. The summed E-state index contributed by atoms with van der Waals surface area (Å²) in [7, 11) is 0.